The molecule has 0 aromatic rings. The number of nitrogens with one attached hydrogen (secondary N) is 1. The van der Waals surface area contributed by atoms with E-state index in [9.17, 15) is 4.79 Å². The standard InChI is InChI=1S/C7H13NO2Se.Ba/c1-5(9)8-4-6-2-3-7(11)10-6;/h6-7,11H,2-4H2,1H3,(H,8,9);/q;+1/p-1. The van der Waals surface area contributed by atoms with Crippen LogP contribution in [0.4, 0.5) is 0 Å². The molecule has 1 aliphatic heterocycles. The van der Waals surface area contributed by atoms with Gasteiger partial charge in [0.05, 0.1) is 0 Å². The molecule has 1 fully saturated rings. The molecule has 1 amide bonds. The molecule has 0 saturated carbocycles. The zero-order valence-corrected chi connectivity index (χ0v) is 13.4. The molecular weight excluding hydrogens is 346 g/mol. The first-order valence-electron chi connectivity index (χ1n) is 4.03. The van der Waals surface area contributed by atoms with E-state index in [1.54, 1.807) is 6.92 Å². The van der Waals surface area contributed by atoms with Gasteiger partial charge in [-0.15, -0.1) is 0 Å². The number of rotatable bonds is 3. The van der Waals surface area contributed by atoms with Gasteiger partial charge in [0.2, 0.25) is 0 Å². The molecule has 65 valence electrons. The Kier molecular flexibility index (Phi) is 5.88. The van der Waals surface area contributed by atoms with E-state index in [4.69, 9.17) is 4.74 Å². The molecule has 3 nitrogen and oxygen atoms in total. The number of hydrogen-bond acceptors (Lipinski definition) is 2. The van der Waals surface area contributed by atoms with Gasteiger partial charge in [0.1, 0.15) is 0 Å². The van der Waals surface area contributed by atoms with E-state index >= 15 is 0 Å². The first-order chi connectivity index (χ1) is 5.72. The molecule has 12 heavy (non-hydrogen) atoms. The van der Waals surface area contributed by atoms with Crippen molar-refractivity contribution < 1.29 is 9.53 Å². The molecule has 1 saturated heterocycles. The first kappa shape index (κ1) is 11.6. The molecule has 2 atom stereocenters. The van der Waals surface area contributed by atoms with Gasteiger partial charge in [-0.1, -0.05) is 0 Å². The Morgan fingerprint density at radius 1 is 1.75 bits per heavy atom. The monoisotopic (exact) mass is 360 g/mol. The van der Waals surface area contributed by atoms with Gasteiger partial charge in [-0.3, -0.25) is 0 Å². The third-order valence-electron chi connectivity index (χ3n) is 1.83. The van der Waals surface area contributed by atoms with Crippen LogP contribution in [0.5, 0.6) is 0 Å². The van der Waals surface area contributed by atoms with Gasteiger partial charge in [-0.25, -0.2) is 0 Å². The molecule has 1 N–H and O–H groups in total. The van der Waals surface area contributed by atoms with Crippen molar-refractivity contribution in [3.63, 3.8) is 0 Å². The maximum absolute atomic E-state index is 10.6. The summed E-state index contributed by atoms with van der Waals surface area (Å²) in [5.74, 6) is 0.0437. The van der Waals surface area contributed by atoms with Crippen LogP contribution in [0.1, 0.15) is 19.8 Å². The van der Waals surface area contributed by atoms with E-state index in [0.29, 0.717) is 17.7 Å². The molecule has 0 aliphatic carbocycles. The van der Waals surface area contributed by atoms with Crippen molar-refractivity contribution in [1.29, 1.82) is 0 Å². The van der Waals surface area contributed by atoms with Crippen LogP contribution in [-0.2, 0) is 9.53 Å². The van der Waals surface area contributed by atoms with Crippen molar-refractivity contribution in [3.8, 4) is 0 Å². The average Bonchev–Trinajstić information content (AvgIpc) is 2.48. The molecule has 5 heteroatoms. The van der Waals surface area contributed by atoms with Gasteiger partial charge in [0, 0.05) is 0 Å². The molecule has 0 spiro atoms. The van der Waals surface area contributed by atoms with Gasteiger partial charge in [-0.2, -0.15) is 0 Å². The minimum absolute atomic E-state index is 0.0437. The van der Waals surface area contributed by atoms with Crippen molar-refractivity contribution in [2.45, 2.75) is 30.9 Å². The topological polar surface area (TPSA) is 38.3 Å². The number of carbonyl (C=O) groups is 1. The summed E-state index contributed by atoms with van der Waals surface area (Å²) in [6.45, 7) is 2.25. The maximum atomic E-state index is 10.6. The number of amides is 1. The van der Waals surface area contributed by atoms with Gasteiger partial charge >= 0.3 is 107 Å². The summed E-state index contributed by atoms with van der Waals surface area (Å²) in [5, 5.41) is 3.36. The van der Waals surface area contributed by atoms with Crippen LogP contribution < -0.4 is 5.32 Å². The summed E-state index contributed by atoms with van der Waals surface area (Å²) in [6, 6.07) is 0. The molecular formula is C7H12BaNO2Se. The van der Waals surface area contributed by atoms with Gasteiger partial charge in [-0.05, 0) is 0 Å². The molecule has 0 aromatic carbocycles. The van der Waals surface area contributed by atoms with Crippen LogP contribution in [0, 0.1) is 0 Å². The molecule has 1 rings (SSSR count). The van der Waals surface area contributed by atoms with E-state index in [1.807, 2.05) is 0 Å². The van der Waals surface area contributed by atoms with E-state index in [2.05, 4.69) is 5.32 Å². The number of ether oxygens (including phenoxy) is 1. The van der Waals surface area contributed by atoms with E-state index in [1.165, 1.54) is 6.42 Å². The molecule has 1 aliphatic rings. The first-order valence-corrected chi connectivity index (χ1v) is 15.6. The Bertz CT molecular complexity index is 167. The van der Waals surface area contributed by atoms with E-state index in [-0.39, 0.29) is 5.91 Å². The predicted molar refractivity (Wildman–Crippen MR) is 48.1 cm³/mol. The summed E-state index contributed by atoms with van der Waals surface area (Å²) < 4.78 is 5.72. The molecule has 1 heterocycles. The van der Waals surface area contributed by atoms with E-state index in [0.717, 1.165) is 55.7 Å². The average molecular weight is 358 g/mol. The predicted octanol–water partition coefficient (Wildman–Crippen LogP) is -0.585. The second-order valence-electron chi connectivity index (χ2n) is 2.87. The molecule has 2 unspecified atom stereocenters. The SMILES string of the molecule is CC(=O)NCC1CCC([Se][Ba])O1. The third kappa shape index (κ3) is 4.15. The summed E-state index contributed by atoms with van der Waals surface area (Å²) in [6.07, 6.45) is 3.42. The van der Waals surface area contributed by atoms with Crippen LogP contribution in [0.15, 0.2) is 0 Å². The minimum atomic E-state index is 0.0437. The normalized spacial score (nSPS) is 28.7. The van der Waals surface area contributed by atoms with Crippen molar-refractivity contribution in [3.05, 3.63) is 0 Å². The molecule has 0 aromatic heterocycles. The number of carbonyl (C=O) groups excluding carboxylic acids is 1. The van der Waals surface area contributed by atoms with Crippen LogP contribution in [0.25, 0.3) is 0 Å². The van der Waals surface area contributed by atoms with Crippen LogP contribution in [-0.4, -0.2) is 72.8 Å². The van der Waals surface area contributed by atoms with Crippen molar-refractivity contribution in [2.24, 2.45) is 0 Å². The Morgan fingerprint density at radius 2 is 2.50 bits per heavy atom. The van der Waals surface area contributed by atoms with Crippen molar-refractivity contribution in [2.75, 3.05) is 6.54 Å². The van der Waals surface area contributed by atoms with Crippen LogP contribution >= 0.6 is 0 Å². The van der Waals surface area contributed by atoms with Gasteiger partial charge in [0.15, 0.2) is 0 Å². The Hall–Kier alpha value is 1.52. The summed E-state index contributed by atoms with van der Waals surface area (Å²) in [5.41, 5.74) is 0. The Morgan fingerprint density at radius 3 is 3.00 bits per heavy atom. The second kappa shape index (κ2) is 6.09. The Labute approximate surface area is 106 Å². The zero-order valence-electron chi connectivity index (χ0n) is 7.21. The van der Waals surface area contributed by atoms with E-state index < -0.39 is 0 Å². The summed E-state index contributed by atoms with van der Waals surface area (Å²) in [4.78, 5) is 10.6. The molecule has 1 radical (unpaired) electrons. The number of hydrogen-bond donors (Lipinski definition) is 1. The Balaban J connectivity index is 2.15. The van der Waals surface area contributed by atoms with Gasteiger partial charge < -0.3 is 0 Å². The molecule has 0 bridgehead atoms. The van der Waals surface area contributed by atoms with Gasteiger partial charge in [0.25, 0.3) is 0 Å². The fraction of sp³-hybridized carbons (Fsp3) is 0.857. The zero-order chi connectivity index (χ0) is 8.97. The van der Waals surface area contributed by atoms with Crippen LogP contribution in [0.3, 0.4) is 0 Å². The summed E-state index contributed by atoms with van der Waals surface area (Å²) >= 11 is 0.906. The fourth-order valence-electron chi connectivity index (χ4n) is 1.20. The quantitative estimate of drug-likeness (QED) is 0.686. The fourth-order valence-corrected chi connectivity index (χ4v) is 6.33. The second-order valence-corrected chi connectivity index (χ2v) is 10.1. The third-order valence-corrected chi connectivity index (χ3v) is 9.41. The van der Waals surface area contributed by atoms with Crippen LogP contribution in [0.2, 0.25) is 0 Å². The summed E-state index contributed by atoms with van der Waals surface area (Å²) in [7, 11) is 0. The van der Waals surface area contributed by atoms with Crippen molar-refractivity contribution >= 4 is 55.2 Å². The van der Waals surface area contributed by atoms with Crippen molar-refractivity contribution in [1.82, 2.24) is 5.32 Å².